The normalized spacial score (nSPS) is 38.3. The van der Waals surface area contributed by atoms with Gasteiger partial charge in [-0.3, -0.25) is 0 Å². The quantitative estimate of drug-likeness (QED) is 0.174. The summed E-state index contributed by atoms with van der Waals surface area (Å²) in [5, 5.41) is 0. The fourth-order valence-electron chi connectivity index (χ4n) is 7.48. The number of ether oxygens (including phenoxy) is 11. The van der Waals surface area contributed by atoms with Crippen molar-refractivity contribution in [3.63, 3.8) is 0 Å². The highest BCUT2D eigenvalue weighted by atomic mass is 16.7. The van der Waals surface area contributed by atoms with Crippen molar-refractivity contribution in [2.24, 2.45) is 22.9 Å². The zero-order valence-electron chi connectivity index (χ0n) is 30.8. The SMILES string of the molecule is CO[C@@H]1[C@@H](O[C@@H]2O[C@H](COCc3ccccc3)[C@@H](OCc3ccccc3)[C@H](N)[C@H]2OC)[C@H](N)C[C@H](N)[C@H]1O[C@H]1O[C@H](CN)[C@@H](OC)[C@H](OC)[C@H]1OC. The van der Waals surface area contributed by atoms with Crippen molar-refractivity contribution in [3.05, 3.63) is 71.8 Å². The van der Waals surface area contributed by atoms with Gasteiger partial charge >= 0.3 is 0 Å². The molecule has 2 heterocycles. The number of methoxy groups -OCH3 is 5. The van der Waals surface area contributed by atoms with Gasteiger partial charge in [-0.25, -0.2) is 0 Å². The predicted molar refractivity (Wildman–Crippen MR) is 190 cm³/mol. The molecule has 5 rings (SSSR count). The monoisotopic (exact) mass is 734 g/mol. The molecule has 2 aromatic rings. The molecule has 3 aliphatic rings. The average molecular weight is 735 g/mol. The van der Waals surface area contributed by atoms with E-state index in [9.17, 15) is 0 Å². The fraction of sp³-hybridized carbons (Fsp3) is 0.676. The van der Waals surface area contributed by atoms with Crippen molar-refractivity contribution in [1.82, 2.24) is 0 Å². The maximum atomic E-state index is 6.91. The molecule has 2 aliphatic heterocycles. The van der Waals surface area contributed by atoms with Gasteiger partial charge in [0.15, 0.2) is 12.6 Å². The van der Waals surface area contributed by atoms with E-state index in [1.54, 1.807) is 35.5 Å². The molecule has 15 nitrogen and oxygen atoms in total. The Morgan fingerprint density at radius 3 is 1.56 bits per heavy atom. The van der Waals surface area contributed by atoms with Crippen LogP contribution in [0.1, 0.15) is 17.5 Å². The molecule has 0 bridgehead atoms. The third kappa shape index (κ3) is 9.55. The molecule has 0 radical (unpaired) electrons. The van der Waals surface area contributed by atoms with E-state index < -0.39 is 91.7 Å². The van der Waals surface area contributed by atoms with E-state index in [2.05, 4.69) is 0 Å². The molecule has 292 valence electrons. The molecule has 1 aliphatic carbocycles. The van der Waals surface area contributed by atoms with Crippen LogP contribution in [0.3, 0.4) is 0 Å². The topological polar surface area (TPSA) is 206 Å². The van der Waals surface area contributed by atoms with Crippen LogP contribution in [0.15, 0.2) is 60.7 Å². The minimum absolute atomic E-state index is 0.166. The van der Waals surface area contributed by atoms with Gasteiger partial charge in [0, 0.05) is 54.2 Å². The van der Waals surface area contributed by atoms with Gasteiger partial charge in [0.1, 0.15) is 61.0 Å². The smallest absolute Gasteiger partial charge is 0.187 e. The lowest BCUT2D eigenvalue weighted by molar-refractivity contribution is -0.341. The standard InChI is InChI=1S/C37H58N4O11/c1-42-31-25(17-38)49-37(35(46-5)34(31)45-4)52-29-24(40)16-23(39)28(33(29)44-3)51-36-32(43-2)27(41)30(48-19-22-14-10-7-11-15-22)26(50-36)20-47-18-21-12-8-6-9-13-21/h6-15,23-37H,16-20,38-41H2,1-5H3/t23-,24+,25-,26-,27+,28+,29-,30-,31-,32-,33-,34+,35-,36+,37-/m1/s1. The number of rotatable bonds is 17. The largest absolute Gasteiger partial charge is 0.376 e. The summed E-state index contributed by atoms with van der Waals surface area (Å²) in [7, 11) is 7.80. The maximum Gasteiger partial charge on any atom is 0.187 e. The van der Waals surface area contributed by atoms with Gasteiger partial charge in [0.25, 0.3) is 0 Å². The van der Waals surface area contributed by atoms with E-state index in [4.69, 9.17) is 75.0 Å². The Hall–Kier alpha value is -2.16. The predicted octanol–water partition coefficient (Wildman–Crippen LogP) is 0.428. The van der Waals surface area contributed by atoms with Crippen molar-refractivity contribution in [2.45, 2.75) is 111 Å². The first-order valence-corrected chi connectivity index (χ1v) is 17.8. The second kappa shape index (κ2) is 20.0. The van der Waals surface area contributed by atoms with Crippen LogP contribution in [-0.2, 0) is 65.3 Å². The second-order valence-corrected chi connectivity index (χ2v) is 13.4. The second-order valence-electron chi connectivity index (χ2n) is 13.4. The summed E-state index contributed by atoms with van der Waals surface area (Å²) in [5.74, 6) is 0. The Kier molecular flexibility index (Phi) is 15.7. The lowest BCUT2D eigenvalue weighted by Crippen LogP contribution is -2.69. The third-order valence-corrected chi connectivity index (χ3v) is 10.2. The summed E-state index contributed by atoms with van der Waals surface area (Å²) < 4.78 is 68.0. The minimum atomic E-state index is -0.967. The summed E-state index contributed by atoms with van der Waals surface area (Å²) in [5.41, 5.74) is 28.4. The Labute approximate surface area is 306 Å². The van der Waals surface area contributed by atoms with E-state index in [1.807, 2.05) is 60.7 Å². The summed E-state index contributed by atoms with van der Waals surface area (Å²) in [6.07, 6.45) is -7.92. The van der Waals surface area contributed by atoms with Crippen LogP contribution in [0.2, 0.25) is 0 Å². The number of hydrogen-bond donors (Lipinski definition) is 4. The van der Waals surface area contributed by atoms with Crippen LogP contribution < -0.4 is 22.9 Å². The van der Waals surface area contributed by atoms with E-state index in [0.29, 0.717) is 19.6 Å². The highest BCUT2D eigenvalue weighted by Gasteiger charge is 2.54. The Morgan fingerprint density at radius 2 is 1.04 bits per heavy atom. The molecule has 0 amide bonds. The van der Waals surface area contributed by atoms with Crippen molar-refractivity contribution in [3.8, 4) is 0 Å². The number of nitrogens with two attached hydrogens (primary N) is 4. The molecule has 8 N–H and O–H groups in total. The zero-order chi connectivity index (χ0) is 37.2. The van der Waals surface area contributed by atoms with Crippen molar-refractivity contribution in [1.29, 1.82) is 0 Å². The van der Waals surface area contributed by atoms with Crippen LogP contribution in [0.25, 0.3) is 0 Å². The molecule has 2 aromatic carbocycles. The molecule has 1 saturated carbocycles. The van der Waals surface area contributed by atoms with E-state index in [1.165, 1.54) is 0 Å². The summed E-state index contributed by atoms with van der Waals surface area (Å²) in [6.45, 7) is 1.05. The zero-order valence-corrected chi connectivity index (χ0v) is 30.8. The molecule has 0 unspecified atom stereocenters. The van der Waals surface area contributed by atoms with Gasteiger partial charge < -0.3 is 75.0 Å². The fourth-order valence-corrected chi connectivity index (χ4v) is 7.48. The molecule has 15 heteroatoms. The van der Waals surface area contributed by atoms with Crippen LogP contribution in [0, 0.1) is 0 Å². The Bertz CT molecular complexity index is 1300. The number of benzene rings is 2. The first kappa shape index (κ1) is 41.0. The van der Waals surface area contributed by atoms with Crippen LogP contribution in [-0.4, -0.2) is 140 Å². The van der Waals surface area contributed by atoms with Gasteiger partial charge in [-0.2, -0.15) is 0 Å². The highest BCUT2D eigenvalue weighted by Crippen LogP contribution is 2.35. The minimum Gasteiger partial charge on any atom is -0.376 e. The summed E-state index contributed by atoms with van der Waals surface area (Å²) in [6, 6.07) is 18.0. The van der Waals surface area contributed by atoms with Gasteiger partial charge in [0.2, 0.25) is 0 Å². The molecule has 0 aromatic heterocycles. The summed E-state index contributed by atoms with van der Waals surface area (Å²) in [4.78, 5) is 0. The molecule has 2 saturated heterocycles. The first-order chi connectivity index (χ1) is 25.3. The molecule has 3 fully saturated rings. The maximum absolute atomic E-state index is 6.91. The highest BCUT2D eigenvalue weighted by molar-refractivity contribution is 5.14. The van der Waals surface area contributed by atoms with Crippen LogP contribution in [0.4, 0.5) is 0 Å². The van der Waals surface area contributed by atoms with Gasteiger partial charge in [-0.1, -0.05) is 60.7 Å². The van der Waals surface area contributed by atoms with E-state index in [0.717, 1.165) is 11.1 Å². The third-order valence-electron chi connectivity index (χ3n) is 10.2. The Balaban J connectivity index is 1.35. The van der Waals surface area contributed by atoms with Crippen molar-refractivity contribution in [2.75, 3.05) is 48.7 Å². The van der Waals surface area contributed by atoms with Crippen LogP contribution >= 0.6 is 0 Å². The molecular formula is C37H58N4O11. The molecule has 52 heavy (non-hydrogen) atoms. The molecule has 15 atom stereocenters. The summed E-state index contributed by atoms with van der Waals surface area (Å²) >= 11 is 0. The van der Waals surface area contributed by atoms with Crippen LogP contribution in [0.5, 0.6) is 0 Å². The lowest BCUT2D eigenvalue weighted by atomic mass is 9.84. The first-order valence-electron chi connectivity index (χ1n) is 17.8. The molecule has 0 spiro atoms. The van der Waals surface area contributed by atoms with Gasteiger partial charge in [-0.05, 0) is 17.5 Å². The number of hydrogen-bond acceptors (Lipinski definition) is 15. The lowest BCUT2D eigenvalue weighted by Gasteiger charge is -2.50. The van der Waals surface area contributed by atoms with E-state index in [-0.39, 0.29) is 13.2 Å². The average Bonchev–Trinajstić information content (AvgIpc) is 3.16. The molecular weight excluding hydrogens is 676 g/mol. The van der Waals surface area contributed by atoms with Gasteiger partial charge in [-0.15, -0.1) is 0 Å². The van der Waals surface area contributed by atoms with Crippen molar-refractivity contribution < 1.29 is 52.1 Å². The Morgan fingerprint density at radius 1 is 0.558 bits per heavy atom. The van der Waals surface area contributed by atoms with Gasteiger partial charge in [0.05, 0.1) is 25.9 Å². The van der Waals surface area contributed by atoms with Crippen molar-refractivity contribution >= 4 is 0 Å². The van der Waals surface area contributed by atoms with E-state index >= 15 is 0 Å².